The molecule has 0 atom stereocenters. The van der Waals surface area contributed by atoms with E-state index in [1.54, 1.807) is 43.0 Å². The average Bonchev–Trinajstić information content (AvgIpc) is 2.85. The number of aryl methyl sites for hydroxylation is 1. The largest absolute Gasteiger partial charge is 0.416 e. The Balaban J connectivity index is 1.66. The van der Waals surface area contributed by atoms with Crippen molar-refractivity contribution in [3.05, 3.63) is 95.3 Å². The molecule has 1 N–H and O–H groups in total. The van der Waals surface area contributed by atoms with Crippen molar-refractivity contribution in [2.75, 3.05) is 23.1 Å². The SMILES string of the molecule is Cc1ccc(S(=O)(=O)N(CC(=O)NCCCSCc2ccc(F)cc2)c2cccc(C(F)(F)F)c2)cc1. The van der Waals surface area contributed by atoms with E-state index in [4.69, 9.17) is 0 Å². The molecule has 0 saturated heterocycles. The van der Waals surface area contributed by atoms with Crippen LogP contribution in [0.5, 0.6) is 0 Å². The van der Waals surface area contributed by atoms with Crippen molar-refractivity contribution in [3.8, 4) is 0 Å². The maximum atomic E-state index is 13.3. The van der Waals surface area contributed by atoms with Crippen LogP contribution in [0.15, 0.2) is 77.7 Å². The van der Waals surface area contributed by atoms with Gasteiger partial charge in [0, 0.05) is 12.3 Å². The minimum Gasteiger partial charge on any atom is -0.354 e. The molecule has 3 aromatic rings. The third kappa shape index (κ3) is 8.22. The first-order chi connectivity index (χ1) is 17.5. The van der Waals surface area contributed by atoms with E-state index in [0.717, 1.165) is 23.3 Å². The molecule has 0 fully saturated rings. The fourth-order valence-electron chi connectivity index (χ4n) is 3.35. The lowest BCUT2D eigenvalue weighted by molar-refractivity contribution is -0.137. The summed E-state index contributed by atoms with van der Waals surface area (Å²) in [6, 6.07) is 15.9. The molecular formula is C26H26F4N2O3S2. The molecule has 198 valence electrons. The van der Waals surface area contributed by atoms with Crippen LogP contribution in [0.4, 0.5) is 23.2 Å². The number of thioether (sulfide) groups is 1. The van der Waals surface area contributed by atoms with Crippen molar-refractivity contribution in [1.29, 1.82) is 0 Å². The van der Waals surface area contributed by atoms with Crippen LogP contribution < -0.4 is 9.62 Å². The van der Waals surface area contributed by atoms with Crippen molar-refractivity contribution in [2.45, 2.75) is 30.2 Å². The number of nitrogens with zero attached hydrogens (tertiary/aromatic N) is 1. The van der Waals surface area contributed by atoms with Gasteiger partial charge in [-0.05, 0) is 67.1 Å². The highest BCUT2D eigenvalue weighted by molar-refractivity contribution is 7.98. The molecule has 0 aliphatic rings. The number of amides is 1. The predicted octanol–water partition coefficient (Wildman–Crippen LogP) is 5.79. The summed E-state index contributed by atoms with van der Waals surface area (Å²) in [5.41, 5.74) is 0.487. The number of anilines is 1. The van der Waals surface area contributed by atoms with Gasteiger partial charge in [-0.15, -0.1) is 0 Å². The Morgan fingerprint density at radius 1 is 1.00 bits per heavy atom. The van der Waals surface area contributed by atoms with Gasteiger partial charge in [0.15, 0.2) is 0 Å². The number of sulfonamides is 1. The lowest BCUT2D eigenvalue weighted by atomic mass is 10.2. The molecule has 0 saturated carbocycles. The Morgan fingerprint density at radius 2 is 1.68 bits per heavy atom. The number of carbonyl (C=O) groups is 1. The van der Waals surface area contributed by atoms with E-state index < -0.39 is 34.2 Å². The zero-order chi connectivity index (χ0) is 27.1. The minimum absolute atomic E-state index is 0.138. The Bertz CT molecular complexity index is 1300. The van der Waals surface area contributed by atoms with Crippen LogP contribution in [-0.2, 0) is 26.7 Å². The molecule has 0 aliphatic heterocycles. The second-order valence-electron chi connectivity index (χ2n) is 8.26. The number of rotatable bonds is 11. The summed E-state index contributed by atoms with van der Waals surface area (Å²) < 4.78 is 80.2. The lowest BCUT2D eigenvalue weighted by Gasteiger charge is -2.25. The van der Waals surface area contributed by atoms with E-state index in [9.17, 15) is 30.8 Å². The number of halogens is 4. The second kappa shape index (κ2) is 12.5. The van der Waals surface area contributed by atoms with Gasteiger partial charge in [0.25, 0.3) is 10.0 Å². The summed E-state index contributed by atoms with van der Waals surface area (Å²) in [4.78, 5) is 12.5. The maximum absolute atomic E-state index is 13.3. The van der Waals surface area contributed by atoms with E-state index in [2.05, 4.69) is 5.32 Å². The standard InChI is InChI=1S/C26H26F4N2O3S2/c1-19-6-12-24(13-7-19)37(34,35)32(23-5-2-4-21(16-23)26(28,29)30)17-25(33)31-14-3-15-36-18-20-8-10-22(27)11-9-20/h2,4-13,16H,3,14-15,17-18H2,1H3,(H,31,33). The van der Waals surface area contributed by atoms with Crippen LogP contribution in [-0.4, -0.2) is 33.2 Å². The molecular weight excluding hydrogens is 528 g/mol. The van der Waals surface area contributed by atoms with Crippen LogP contribution in [0.2, 0.25) is 0 Å². The number of benzene rings is 3. The lowest BCUT2D eigenvalue weighted by Crippen LogP contribution is -2.41. The van der Waals surface area contributed by atoms with Crippen molar-refractivity contribution in [2.24, 2.45) is 0 Å². The van der Waals surface area contributed by atoms with Gasteiger partial charge in [-0.1, -0.05) is 35.9 Å². The number of nitrogens with one attached hydrogen (secondary N) is 1. The molecule has 0 aliphatic carbocycles. The smallest absolute Gasteiger partial charge is 0.354 e. The number of alkyl halides is 3. The molecule has 11 heteroatoms. The van der Waals surface area contributed by atoms with Crippen LogP contribution in [0.1, 0.15) is 23.1 Å². The minimum atomic E-state index is -4.68. The second-order valence-corrected chi connectivity index (χ2v) is 11.2. The third-order valence-corrected chi connectivity index (χ3v) is 8.23. The molecule has 0 unspecified atom stereocenters. The van der Waals surface area contributed by atoms with Crippen molar-refractivity contribution in [3.63, 3.8) is 0 Å². The Morgan fingerprint density at radius 3 is 2.32 bits per heavy atom. The van der Waals surface area contributed by atoms with Crippen LogP contribution in [0.25, 0.3) is 0 Å². The van der Waals surface area contributed by atoms with Gasteiger partial charge in [0.05, 0.1) is 16.1 Å². The Kier molecular flexibility index (Phi) is 9.61. The maximum Gasteiger partial charge on any atom is 0.416 e. The highest BCUT2D eigenvalue weighted by Crippen LogP contribution is 2.33. The van der Waals surface area contributed by atoms with Gasteiger partial charge < -0.3 is 5.32 Å². The summed E-state index contributed by atoms with van der Waals surface area (Å²) >= 11 is 1.59. The molecule has 0 spiro atoms. The molecule has 0 aromatic heterocycles. The summed E-state index contributed by atoms with van der Waals surface area (Å²) in [5.74, 6) is 0.417. The topological polar surface area (TPSA) is 66.5 Å². The first-order valence-corrected chi connectivity index (χ1v) is 13.9. The molecule has 0 heterocycles. The van der Waals surface area contributed by atoms with E-state index in [1.165, 1.54) is 30.3 Å². The predicted molar refractivity (Wildman–Crippen MR) is 137 cm³/mol. The molecule has 37 heavy (non-hydrogen) atoms. The summed E-state index contributed by atoms with van der Waals surface area (Å²) in [6.07, 6.45) is -4.09. The number of carbonyl (C=O) groups excluding carboxylic acids is 1. The molecule has 3 aromatic carbocycles. The van der Waals surface area contributed by atoms with Crippen LogP contribution in [0.3, 0.4) is 0 Å². The van der Waals surface area contributed by atoms with E-state index in [0.29, 0.717) is 28.3 Å². The summed E-state index contributed by atoms with van der Waals surface area (Å²) in [5, 5.41) is 2.64. The Labute approximate surface area is 217 Å². The van der Waals surface area contributed by atoms with Gasteiger partial charge in [0.1, 0.15) is 12.4 Å². The summed E-state index contributed by atoms with van der Waals surface area (Å²) in [7, 11) is -4.33. The zero-order valence-corrected chi connectivity index (χ0v) is 21.6. The first kappa shape index (κ1) is 28.5. The van der Waals surface area contributed by atoms with Crippen LogP contribution >= 0.6 is 11.8 Å². The van der Waals surface area contributed by atoms with Gasteiger partial charge >= 0.3 is 6.18 Å². The highest BCUT2D eigenvalue weighted by Gasteiger charge is 2.33. The fraction of sp³-hybridized carbons (Fsp3) is 0.269. The van der Waals surface area contributed by atoms with E-state index >= 15 is 0 Å². The molecule has 1 amide bonds. The average molecular weight is 555 g/mol. The molecule has 0 bridgehead atoms. The van der Waals surface area contributed by atoms with Gasteiger partial charge in [0.2, 0.25) is 5.91 Å². The van der Waals surface area contributed by atoms with Gasteiger partial charge in [-0.3, -0.25) is 9.10 Å². The van der Waals surface area contributed by atoms with Crippen molar-refractivity contribution in [1.82, 2.24) is 5.32 Å². The molecule has 3 rings (SSSR count). The molecule has 0 radical (unpaired) electrons. The Hall–Kier alpha value is -3.05. The van der Waals surface area contributed by atoms with E-state index in [1.807, 2.05) is 0 Å². The monoisotopic (exact) mass is 554 g/mol. The third-order valence-electron chi connectivity index (χ3n) is 5.33. The van der Waals surface area contributed by atoms with Crippen LogP contribution in [0, 0.1) is 12.7 Å². The number of hydrogen-bond donors (Lipinski definition) is 1. The van der Waals surface area contributed by atoms with Gasteiger partial charge in [-0.25, -0.2) is 12.8 Å². The normalized spacial score (nSPS) is 11.8. The molecule has 5 nitrogen and oxygen atoms in total. The highest BCUT2D eigenvalue weighted by atomic mass is 32.2. The van der Waals surface area contributed by atoms with Crippen molar-refractivity contribution >= 4 is 33.4 Å². The van der Waals surface area contributed by atoms with Gasteiger partial charge in [-0.2, -0.15) is 24.9 Å². The van der Waals surface area contributed by atoms with E-state index in [-0.39, 0.29) is 22.9 Å². The first-order valence-electron chi connectivity index (χ1n) is 11.3. The summed E-state index contributed by atoms with van der Waals surface area (Å²) in [6.45, 7) is 1.35. The fourth-order valence-corrected chi connectivity index (χ4v) is 5.68. The van der Waals surface area contributed by atoms with Crippen molar-refractivity contribution < 1.29 is 30.8 Å². The number of hydrogen-bond acceptors (Lipinski definition) is 4. The zero-order valence-electron chi connectivity index (χ0n) is 20.0. The quantitative estimate of drug-likeness (QED) is 0.241.